The van der Waals surface area contributed by atoms with Crippen LogP contribution in [0.3, 0.4) is 0 Å². The van der Waals surface area contributed by atoms with E-state index in [0.717, 1.165) is 13.0 Å². The Bertz CT molecular complexity index is 566. The summed E-state index contributed by atoms with van der Waals surface area (Å²) in [5.74, 6) is 0. The van der Waals surface area contributed by atoms with E-state index in [1.807, 2.05) is 0 Å². The molecule has 1 N–H and O–H groups in total. The molecular formula is C17H19BrIN. The first-order valence-electron chi connectivity index (χ1n) is 6.84. The predicted octanol–water partition coefficient (Wildman–Crippen LogP) is 5.26. The van der Waals surface area contributed by atoms with Crippen molar-refractivity contribution >= 4 is 38.5 Å². The van der Waals surface area contributed by atoms with Gasteiger partial charge in [0.15, 0.2) is 0 Å². The van der Waals surface area contributed by atoms with Gasteiger partial charge in [-0.05, 0) is 71.3 Å². The maximum Gasteiger partial charge on any atom is 0.0372 e. The van der Waals surface area contributed by atoms with Gasteiger partial charge < -0.3 is 5.32 Å². The van der Waals surface area contributed by atoms with Crippen molar-refractivity contribution in [2.75, 3.05) is 6.54 Å². The van der Waals surface area contributed by atoms with Gasteiger partial charge in [0, 0.05) is 14.1 Å². The molecule has 1 unspecified atom stereocenters. The van der Waals surface area contributed by atoms with Crippen LogP contribution in [0.1, 0.15) is 29.7 Å². The second kappa shape index (κ2) is 7.57. The fourth-order valence-corrected chi connectivity index (χ4v) is 3.23. The molecule has 1 nitrogen and oxygen atoms in total. The van der Waals surface area contributed by atoms with Gasteiger partial charge in [-0.25, -0.2) is 0 Å². The van der Waals surface area contributed by atoms with E-state index in [1.54, 1.807) is 0 Å². The molecule has 0 heterocycles. The number of aryl methyl sites for hydroxylation is 1. The third kappa shape index (κ3) is 4.06. The number of nitrogens with one attached hydrogen (secondary N) is 1. The first-order valence-corrected chi connectivity index (χ1v) is 8.71. The highest BCUT2D eigenvalue weighted by atomic mass is 127. The highest BCUT2D eigenvalue weighted by Gasteiger charge is 2.15. The predicted molar refractivity (Wildman–Crippen MR) is 98.2 cm³/mol. The van der Waals surface area contributed by atoms with Crippen LogP contribution in [0.25, 0.3) is 0 Å². The molecule has 2 aromatic rings. The minimum Gasteiger partial charge on any atom is -0.310 e. The van der Waals surface area contributed by atoms with Crippen molar-refractivity contribution in [2.24, 2.45) is 0 Å². The Morgan fingerprint density at radius 3 is 2.50 bits per heavy atom. The van der Waals surface area contributed by atoms with Crippen molar-refractivity contribution in [3.8, 4) is 0 Å². The number of rotatable bonds is 5. The van der Waals surface area contributed by atoms with Gasteiger partial charge in [-0.15, -0.1) is 0 Å². The fourth-order valence-electron chi connectivity index (χ4n) is 2.33. The van der Waals surface area contributed by atoms with Crippen LogP contribution in [-0.4, -0.2) is 6.54 Å². The van der Waals surface area contributed by atoms with Crippen molar-refractivity contribution in [1.82, 2.24) is 5.32 Å². The minimum absolute atomic E-state index is 0.342. The normalized spacial score (nSPS) is 12.4. The molecule has 1 atom stereocenters. The van der Waals surface area contributed by atoms with E-state index in [0.29, 0.717) is 6.04 Å². The molecule has 0 bridgehead atoms. The smallest absolute Gasteiger partial charge is 0.0372 e. The fraction of sp³-hybridized carbons (Fsp3) is 0.294. The summed E-state index contributed by atoms with van der Waals surface area (Å²) in [4.78, 5) is 0. The highest BCUT2D eigenvalue weighted by molar-refractivity contribution is 14.1. The molecule has 0 aliphatic carbocycles. The number of likely N-dealkylation sites (N-methyl/N-ethyl adjacent to an activating group) is 1. The molecule has 0 saturated heterocycles. The molecule has 0 aromatic heterocycles. The number of halogens is 2. The summed E-state index contributed by atoms with van der Waals surface area (Å²) in [7, 11) is 0. The Morgan fingerprint density at radius 2 is 1.85 bits per heavy atom. The molecule has 20 heavy (non-hydrogen) atoms. The van der Waals surface area contributed by atoms with Crippen LogP contribution in [0, 0.1) is 10.5 Å². The van der Waals surface area contributed by atoms with Crippen molar-refractivity contribution in [2.45, 2.75) is 26.3 Å². The van der Waals surface area contributed by atoms with Gasteiger partial charge in [-0.3, -0.25) is 0 Å². The van der Waals surface area contributed by atoms with Crippen LogP contribution in [-0.2, 0) is 6.42 Å². The Kier molecular flexibility index (Phi) is 6.05. The van der Waals surface area contributed by atoms with E-state index in [4.69, 9.17) is 0 Å². The molecule has 0 radical (unpaired) electrons. The van der Waals surface area contributed by atoms with Gasteiger partial charge in [0.05, 0.1) is 0 Å². The molecule has 3 heteroatoms. The lowest BCUT2D eigenvalue weighted by Crippen LogP contribution is -2.23. The second-order valence-corrected chi connectivity index (χ2v) is 6.96. The Morgan fingerprint density at radius 1 is 1.15 bits per heavy atom. The lowest BCUT2D eigenvalue weighted by Gasteiger charge is -2.21. The molecule has 0 amide bonds. The van der Waals surface area contributed by atoms with E-state index in [2.05, 4.69) is 100 Å². The van der Waals surface area contributed by atoms with E-state index in [-0.39, 0.29) is 0 Å². The summed E-state index contributed by atoms with van der Waals surface area (Å²) in [5.41, 5.74) is 3.99. The summed E-state index contributed by atoms with van der Waals surface area (Å²) in [6.45, 7) is 5.27. The van der Waals surface area contributed by atoms with E-state index in [9.17, 15) is 0 Å². The number of hydrogen-bond donors (Lipinski definition) is 1. The van der Waals surface area contributed by atoms with Gasteiger partial charge in [0.2, 0.25) is 0 Å². The molecule has 0 fully saturated rings. The third-order valence-electron chi connectivity index (χ3n) is 3.40. The summed E-state index contributed by atoms with van der Waals surface area (Å²) < 4.78 is 2.50. The second-order valence-electron chi connectivity index (χ2n) is 4.92. The molecule has 2 rings (SSSR count). The summed E-state index contributed by atoms with van der Waals surface area (Å²) >= 11 is 6.08. The number of benzene rings is 2. The zero-order valence-electron chi connectivity index (χ0n) is 11.8. The average Bonchev–Trinajstić information content (AvgIpc) is 2.44. The van der Waals surface area contributed by atoms with Crippen molar-refractivity contribution in [3.05, 3.63) is 67.2 Å². The van der Waals surface area contributed by atoms with Crippen LogP contribution < -0.4 is 5.32 Å². The SMILES string of the molecule is CCNC(Cc1ccc(I)cc1)c1cccc(C)c1Br. The van der Waals surface area contributed by atoms with Crippen LogP contribution in [0.2, 0.25) is 0 Å². The zero-order chi connectivity index (χ0) is 14.5. The van der Waals surface area contributed by atoms with Gasteiger partial charge in [-0.1, -0.05) is 53.2 Å². The average molecular weight is 444 g/mol. The Hall–Kier alpha value is -0.390. The van der Waals surface area contributed by atoms with Crippen molar-refractivity contribution in [1.29, 1.82) is 0 Å². The topological polar surface area (TPSA) is 12.0 Å². The molecule has 0 aliphatic heterocycles. The maximum atomic E-state index is 3.73. The molecule has 106 valence electrons. The lowest BCUT2D eigenvalue weighted by molar-refractivity contribution is 0.547. The van der Waals surface area contributed by atoms with Crippen LogP contribution >= 0.6 is 38.5 Å². The third-order valence-corrected chi connectivity index (χ3v) is 5.20. The highest BCUT2D eigenvalue weighted by Crippen LogP contribution is 2.29. The maximum absolute atomic E-state index is 3.73. The largest absolute Gasteiger partial charge is 0.310 e. The summed E-state index contributed by atoms with van der Waals surface area (Å²) in [6, 6.07) is 15.6. The monoisotopic (exact) mass is 443 g/mol. The molecule has 0 saturated carbocycles. The molecule has 0 aliphatic rings. The van der Waals surface area contributed by atoms with Crippen molar-refractivity contribution < 1.29 is 0 Å². The first-order chi connectivity index (χ1) is 9.61. The molecule has 0 spiro atoms. The van der Waals surface area contributed by atoms with E-state index >= 15 is 0 Å². The van der Waals surface area contributed by atoms with Gasteiger partial charge in [0.1, 0.15) is 0 Å². The van der Waals surface area contributed by atoms with Crippen LogP contribution in [0.15, 0.2) is 46.9 Å². The first kappa shape index (κ1) is 16.0. The zero-order valence-corrected chi connectivity index (χ0v) is 15.5. The molecule has 2 aromatic carbocycles. The van der Waals surface area contributed by atoms with Crippen LogP contribution in [0.4, 0.5) is 0 Å². The number of hydrogen-bond acceptors (Lipinski definition) is 1. The lowest BCUT2D eigenvalue weighted by atomic mass is 9.97. The molecular weight excluding hydrogens is 425 g/mol. The van der Waals surface area contributed by atoms with Crippen molar-refractivity contribution in [3.63, 3.8) is 0 Å². The quantitative estimate of drug-likeness (QED) is 0.622. The van der Waals surface area contributed by atoms with E-state index < -0.39 is 0 Å². The Balaban J connectivity index is 2.26. The van der Waals surface area contributed by atoms with Crippen LogP contribution in [0.5, 0.6) is 0 Å². The minimum atomic E-state index is 0.342. The summed E-state index contributed by atoms with van der Waals surface area (Å²) in [5, 5.41) is 3.60. The Labute approximate surface area is 143 Å². The van der Waals surface area contributed by atoms with E-state index in [1.165, 1.54) is 24.7 Å². The van der Waals surface area contributed by atoms with Gasteiger partial charge >= 0.3 is 0 Å². The van der Waals surface area contributed by atoms with Gasteiger partial charge in [0.25, 0.3) is 0 Å². The summed E-state index contributed by atoms with van der Waals surface area (Å²) in [6.07, 6.45) is 1.01. The standard InChI is InChI=1S/C17H19BrIN/c1-3-20-16(11-13-7-9-14(19)10-8-13)15-6-4-5-12(2)17(15)18/h4-10,16,20H,3,11H2,1-2H3. The van der Waals surface area contributed by atoms with Gasteiger partial charge in [-0.2, -0.15) is 0 Å².